The summed E-state index contributed by atoms with van der Waals surface area (Å²) in [4.78, 5) is 24.3. The van der Waals surface area contributed by atoms with Gasteiger partial charge in [0.25, 0.3) is 0 Å². The Balaban J connectivity index is 1.79. The number of carbonyl (C=O) groups excluding carboxylic acids is 2. The third-order valence-electron chi connectivity index (χ3n) is 3.20. The number of hydrogen-bond donors (Lipinski definition) is 1. The van der Waals surface area contributed by atoms with Gasteiger partial charge >= 0.3 is 0 Å². The fourth-order valence-corrected chi connectivity index (χ4v) is 2.19. The van der Waals surface area contributed by atoms with Crippen molar-refractivity contribution >= 4 is 11.8 Å². The van der Waals surface area contributed by atoms with Gasteiger partial charge in [-0.25, -0.2) is 0 Å². The molecule has 1 aliphatic heterocycles. The largest absolute Gasteiger partial charge is 0.347 e. The second-order valence-electron chi connectivity index (χ2n) is 4.51. The van der Waals surface area contributed by atoms with E-state index in [4.69, 9.17) is 0 Å². The maximum atomic E-state index is 11.8. The molecule has 18 heavy (non-hydrogen) atoms. The molecule has 0 radical (unpaired) electrons. The number of rotatable bonds is 3. The topological polar surface area (TPSA) is 67.2 Å². The first-order chi connectivity index (χ1) is 8.66. The molecule has 0 saturated carbocycles. The van der Waals surface area contributed by atoms with Crippen LogP contribution in [-0.4, -0.2) is 46.1 Å². The van der Waals surface area contributed by atoms with Crippen molar-refractivity contribution in [2.24, 2.45) is 0 Å². The number of hydrogen-bond acceptors (Lipinski definition) is 3. The Morgan fingerprint density at radius 3 is 2.67 bits per heavy atom. The van der Waals surface area contributed by atoms with Crippen molar-refractivity contribution in [1.29, 1.82) is 0 Å². The zero-order valence-electron chi connectivity index (χ0n) is 10.5. The lowest BCUT2D eigenvalue weighted by Crippen LogP contribution is -2.44. The molecular formula is C12H18N4O2. The molecule has 0 bridgehead atoms. The van der Waals surface area contributed by atoms with Gasteiger partial charge < -0.3 is 10.2 Å². The standard InChI is InChI=1S/C12H18N4O2/c1-10(17)13-9-12(18)15-7-3-11(4-8-15)16-6-2-5-14-16/h2,5-6,11H,3-4,7-9H2,1H3,(H,13,17). The van der Waals surface area contributed by atoms with Crippen molar-refractivity contribution in [2.45, 2.75) is 25.8 Å². The van der Waals surface area contributed by atoms with Crippen LogP contribution in [0.1, 0.15) is 25.8 Å². The fourth-order valence-electron chi connectivity index (χ4n) is 2.19. The lowest BCUT2D eigenvalue weighted by Gasteiger charge is -2.32. The van der Waals surface area contributed by atoms with Crippen molar-refractivity contribution in [2.75, 3.05) is 19.6 Å². The Kier molecular flexibility index (Phi) is 3.96. The number of likely N-dealkylation sites (tertiary alicyclic amines) is 1. The maximum absolute atomic E-state index is 11.8. The van der Waals surface area contributed by atoms with Gasteiger partial charge in [0.15, 0.2) is 0 Å². The number of piperidine rings is 1. The molecule has 0 atom stereocenters. The molecule has 0 aromatic carbocycles. The predicted octanol–water partition coefficient (Wildman–Crippen LogP) is 0.183. The third kappa shape index (κ3) is 3.09. The molecule has 1 aliphatic rings. The Bertz CT molecular complexity index is 408. The van der Waals surface area contributed by atoms with Crippen LogP contribution < -0.4 is 5.32 Å². The fraction of sp³-hybridized carbons (Fsp3) is 0.583. The number of aromatic nitrogens is 2. The minimum Gasteiger partial charge on any atom is -0.347 e. The molecule has 2 amide bonds. The van der Waals surface area contributed by atoms with Crippen LogP contribution in [0.15, 0.2) is 18.5 Å². The van der Waals surface area contributed by atoms with E-state index >= 15 is 0 Å². The molecule has 2 rings (SSSR count). The van der Waals surface area contributed by atoms with Crippen LogP contribution in [0.4, 0.5) is 0 Å². The van der Waals surface area contributed by atoms with E-state index in [1.807, 2.05) is 16.9 Å². The van der Waals surface area contributed by atoms with Gasteiger partial charge in [0, 0.05) is 32.4 Å². The van der Waals surface area contributed by atoms with Crippen LogP contribution in [0.5, 0.6) is 0 Å². The van der Waals surface area contributed by atoms with E-state index in [0.717, 1.165) is 25.9 Å². The highest BCUT2D eigenvalue weighted by atomic mass is 16.2. The highest BCUT2D eigenvalue weighted by molar-refractivity contribution is 5.83. The van der Waals surface area contributed by atoms with Gasteiger partial charge in [0.05, 0.1) is 12.6 Å². The van der Waals surface area contributed by atoms with Crippen molar-refractivity contribution in [3.63, 3.8) is 0 Å². The molecule has 0 spiro atoms. The Hall–Kier alpha value is -1.85. The highest BCUT2D eigenvalue weighted by Crippen LogP contribution is 2.21. The smallest absolute Gasteiger partial charge is 0.241 e. The monoisotopic (exact) mass is 250 g/mol. The van der Waals surface area contributed by atoms with Crippen LogP contribution in [-0.2, 0) is 9.59 Å². The summed E-state index contributed by atoms with van der Waals surface area (Å²) in [7, 11) is 0. The minimum absolute atomic E-state index is 0.0101. The van der Waals surface area contributed by atoms with Crippen LogP contribution in [0.3, 0.4) is 0 Å². The summed E-state index contributed by atoms with van der Waals surface area (Å²) in [5.41, 5.74) is 0. The molecule has 98 valence electrons. The van der Waals surface area contributed by atoms with Gasteiger partial charge in [-0.1, -0.05) is 0 Å². The molecule has 2 heterocycles. The van der Waals surface area contributed by atoms with E-state index in [9.17, 15) is 9.59 Å². The summed E-state index contributed by atoms with van der Waals surface area (Å²) in [6.45, 7) is 2.96. The minimum atomic E-state index is -0.172. The van der Waals surface area contributed by atoms with E-state index < -0.39 is 0 Å². The van der Waals surface area contributed by atoms with Crippen LogP contribution >= 0.6 is 0 Å². The molecule has 1 saturated heterocycles. The molecule has 6 nitrogen and oxygen atoms in total. The highest BCUT2D eigenvalue weighted by Gasteiger charge is 2.23. The first-order valence-electron chi connectivity index (χ1n) is 6.18. The van der Waals surface area contributed by atoms with Crippen LogP contribution in [0, 0.1) is 0 Å². The van der Waals surface area contributed by atoms with Crippen LogP contribution in [0.2, 0.25) is 0 Å². The lowest BCUT2D eigenvalue weighted by atomic mass is 10.1. The number of amides is 2. The third-order valence-corrected chi connectivity index (χ3v) is 3.20. The molecule has 1 aromatic rings. The van der Waals surface area contributed by atoms with Gasteiger partial charge in [-0.2, -0.15) is 5.10 Å². The lowest BCUT2D eigenvalue weighted by molar-refractivity contribution is -0.133. The molecule has 6 heteroatoms. The molecule has 1 aromatic heterocycles. The quantitative estimate of drug-likeness (QED) is 0.832. The Morgan fingerprint density at radius 2 is 2.11 bits per heavy atom. The second kappa shape index (κ2) is 5.66. The summed E-state index contributed by atoms with van der Waals surface area (Å²) < 4.78 is 1.95. The summed E-state index contributed by atoms with van der Waals surface area (Å²) >= 11 is 0. The van der Waals surface area contributed by atoms with E-state index in [0.29, 0.717) is 6.04 Å². The van der Waals surface area contributed by atoms with Crippen molar-refractivity contribution < 1.29 is 9.59 Å². The van der Waals surface area contributed by atoms with E-state index in [1.54, 1.807) is 11.1 Å². The number of carbonyl (C=O) groups is 2. The summed E-state index contributed by atoms with van der Waals surface area (Å²) in [5.74, 6) is -0.182. The normalized spacial score (nSPS) is 16.6. The van der Waals surface area contributed by atoms with Crippen molar-refractivity contribution in [3.8, 4) is 0 Å². The first kappa shape index (κ1) is 12.6. The van der Waals surface area contributed by atoms with Gasteiger partial charge in [-0.3, -0.25) is 14.3 Å². The Labute approximate surface area is 106 Å². The second-order valence-corrected chi connectivity index (χ2v) is 4.51. The summed E-state index contributed by atoms with van der Waals surface area (Å²) in [5, 5.41) is 6.76. The average Bonchev–Trinajstić information content (AvgIpc) is 2.90. The zero-order chi connectivity index (χ0) is 13.0. The summed E-state index contributed by atoms with van der Waals surface area (Å²) in [6.07, 6.45) is 5.55. The van der Waals surface area contributed by atoms with E-state index in [-0.39, 0.29) is 18.4 Å². The van der Waals surface area contributed by atoms with Gasteiger partial charge in [0.1, 0.15) is 0 Å². The molecule has 1 N–H and O–H groups in total. The predicted molar refractivity (Wildman–Crippen MR) is 65.8 cm³/mol. The number of nitrogens with one attached hydrogen (secondary N) is 1. The van der Waals surface area contributed by atoms with Gasteiger partial charge in [0.2, 0.25) is 11.8 Å². The van der Waals surface area contributed by atoms with Gasteiger partial charge in [-0.05, 0) is 18.9 Å². The van der Waals surface area contributed by atoms with Crippen LogP contribution in [0.25, 0.3) is 0 Å². The van der Waals surface area contributed by atoms with Crippen molar-refractivity contribution in [1.82, 2.24) is 20.0 Å². The van der Waals surface area contributed by atoms with E-state index in [2.05, 4.69) is 10.4 Å². The Morgan fingerprint density at radius 1 is 1.39 bits per heavy atom. The SMILES string of the molecule is CC(=O)NCC(=O)N1CCC(n2cccn2)CC1. The number of nitrogens with zero attached hydrogens (tertiary/aromatic N) is 3. The van der Waals surface area contributed by atoms with Crippen molar-refractivity contribution in [3.05, 3.63) is 18.5 Å². The first-order valence-corrected chi connectivity index (χ1v) is 6.18. The average molecular weight is 250 g/mol. The molecule has 0 unspecified atom stereocenters. The zero-order valence-corrected chi connectivity index (χ0v) is 10.5. The maximum Gasteiger partial charge on any atom is 0.241 e. The summed E-state index contributed by atoms with van der Waals surface area (Å²) in [6, 6.07) is 2.29. The van der Waals surface area contributed by atoms with E-state index in [1.165, 1.54) is 6.92 Å². The van der Waals surface area contributed by atoms with Gasteiger partial charge in [-0.15, -0.1) is 0 Å². The molecular weight excluding hydrogens is 232 g/mol. The molecule has 1 fully saturated rings. The molecule has 0 aliphatic carbocycles.